The van der Waals surface area contributed by atoms with E-state index in [9.17, 15) is 19.0 Å². The summed E-state index contributed by atoms with van der Waals surface area (Å²) in [6.45, 7) is 4.36. The van der Waals surface area contributed by atoms with Gasteiger partial charge in [-0.2, -0.15) is 0 Å². The van der Waals surface area contributed by atoms with Crippen LogP contribution in [0.2, 0.25) is 0 Å². The second-order valence-electron chi connectivity index (χ2n) is 29.8. The highest BCUT2D eigenvalue weighted by Gasteiger charge is 2.27. The van der Waals surface area contributed by atoms with Crippen LogP contribution in [-0.4, -0.2) is 74.9 Å². The number of likely N-dealkylation sites (N-methyl/N-ethyl adjacent to an activating group) is 1. The predicted molar refractivity (Wildman–Crippen MR) is 436 cm³/mol. The monoisotopic (exact) mass is 1420 g/mol. The van der Waals surface area contributed by atoms with Crippen molar-refractivity contribution < 1.29 is 42.1 Å². The van der Waals surface area contributed by atoms with Gasteiger partial charge in [0.2, 0.25) is 0 Å². The second kappa shape index (κ2) is 79.8. The third-order valence-corrected chi connectivity index (χ3v) is 19.8. The molecule has 0 spiro atoms. The van der Waals surface area contributed by atoms with Crippen LogP contribution in [0, 0.1) is 0 Å². The first kappa shape index (κ1) is 96.7. The topological polar surface area (TPSA) is 108 Å². The molecule has 0 saturated heterocycles. The Bertz CT molecular complexity index is 2060. The Morgan fingerprint density at radius 3 is 0.850 bits per heavy atom. The maximum Gasteiger partial charge on any atom is 0.472 e. The van der Waals surface area contributed by atoms with Crippen molar-refractivity contribution >= 4 is 19.8 Å². The fourth-order valence-corrected chi connectivity index (χ4v) is 13.1. The summed E-state index contributed by atoms with van der Waals surface area (Å²) in [5, 5.41) is 0. The summed E-state index contributed by atoms with van der Waals surface area (Å²) in [6.07, 6.45) is 114. The number of unbranched alkanes of at least 4 members (excludes halogenated alkanes) is 47. The molecule has 580 valence electrons. The van der Waals surface area contributed by atoms with Crippen LogP contribution in [0.5, 0.6) is 0 Å². The molecule has 0 radical (unpaired) electrons. The van der Waals surface area contributed by atoms with E-state index < -0.39 is 26.5 Å². The van der Waals surface area contributed by atoms with E-state index in [4.69, 9.17) is 18.5 Å². The zero-order valence-corrected chi connectivity index (χ0v) is 67.3. The smallest absolute Gasteiger partial charge is 0.462 e. The predicted octanol–water partition coefficient (Wildman–Crippen LogP) is 28.7. The molecule has 0 aliphatic carbocycles. The number of quaternary nitrogens is 1. The second-order valence-corrected chi connectivity index (χ2v) is 31.3. The van der Waals surface area contributed by atoms with Crippen LogP contribution in [0.15, 0.2) is 109 Å². The van der Waals surface area contributed by atoms with Crippen LogP contribution < -0.4 is 0 Å². The van der Waals surface area contributed by atoms with Gasteiger partial charge < -0.3 is 18.9 Å². The first-order chi connectivity index (χ1) is 49.0. The number of ether oxygens (including phenoxy) is 2. The zero-order valence-electron chi connectivity index (χ0n) is 66.4. The van der Waals surface area contributed by atoms with Gasteiger partial charge in [0.25, 0.3) is 0 Å². The van der Waals surface area contributed by atoms with E-state index in [0.717, 1.165) is 89.9 Å². The molecule has 0 aromatic heterocycles. The Kier molecular flexibility index (Phi) is 77.1. The molecule has 9 nitrogen and oxygen atoms in total. The molecule has 0 aromatic carbocycles. The summed E-state index contributed by atoms with van der Waals surface area (Å²) in [5.41, 5.74) is 0. The summed E-state index contributed by atoms with van der Waals surface area (Å²) in [4.78, 5) is 36.0. The van der Waals surface area contributed by atoms with Crippen molar-refractivity contribution in [1.82, 2.24) is 0 Å². The number of carbonyl (C=O) groups excluding carboxylic acids is 2. The molecule has 0 saturated carbocycles. The first-order valence-corrected chi connectivity index (χ1v) is 44.1. The van der Waals surface area contributed by atoms with Crippen molar-refractivity contribution in [1.29, 1.82) is 0 Å². The van der Waals surface area contributed by atoms with Gasteiger partial charge in [-0.1, -0.05) is 393 Å². The third kappa shape index (κ3) is 83.6. The molecule has 0 aliphatic rings. The number of esters is 2. The van der Waals surface area contributed by atoms with Crippen LogP contribution in [0.1, 0.15) is 399 Å². The average Bonchev–Trinajstić information content (AvgIpc) is 1.02. The average molecular weight is 1420 g/mol. The third-order valence-electron chi connectivity index (χ3n) is 18.8. The van der Waals surface area contributed by atoms with E-state index in [-0.39, 0.29) is 25.6 Å². The molecule has 2 atom stereocenters. The van der Waals surface area contributed by atoms with E-state index in [1.807, 2.05) is 21.1 Å². The molecule has 0 aromatic rings. The number of hydrogen-bond donors (Lipinski definition) is 1. The number of carbonyl (C=O) groups is 2. The van der Waals surface area contributed by atoms with Gasteiger partial charge in [-0.05, 0) is 103 Å². The Morgan fingerprint density at radius 1 is 0.320 bits per heavy atom. The highest BCUT2D eigenvalue weighted by Crippen LogP contribution is 2.43. The minimum Gasteiger partial charge on any atom is -0.462 e. The van der Waals surface area contributed by atoms with Gasteiger partial charge in [-0.15, -0.1) is 0 Å². The van der Waals surface area contributed by atoms with Crippen molar-refractivity contribution in [3.63, 3.8) is 0 Å². The van der Waals surface area contributed by atoms with Crippen molar-refractivity contribution in [3.8, 4) is 0 Å². The molecule has 0 aliphatic heterocycles. The largest absolute Gasteiger partial charge is 0.472 e. The molecule has 0 heterocycles. The van der Waals surface area contributed by atoms with Gasteiger partial charge in [0, 0.05) is 12.8 Å². The lowest BCUT2D eigenvalue weighted by Gasteiger charge is -2.24. The number of allylic oxidation sites excluding steroid dienone is 18. The van der Waals surface area contributed by atoms with Gasteiger partial charge in [-0.3, -0.25) is 18.6 Å². The summed E-state index contributed by atoms with van der Waals surface area (Å²) in [6, 6.07) is 0. The molecule has 0 amide bonds. The van der Waals surface area contributed by atoms with E-state index in [1.54, 1.807) is 0 Å². The maximum atomic E-state index is 12.9. The number of phosphoric acid groups is 1. The highest BCUT2D eigenvalue weighted by molar-refractivity contribution is 7.47. The lowest BCUT2D eigenvalue weighted by molar-refractivity contribution is -0.870. The van der Waals surface area contributed by atoms with Crippen LogP contribution in [-0.2, 0) is 32.7 Å². The van der Waals surface area contributed by atoms with Gasteiger partial charge in [0.15, 0.2) is 6.10 Å². The number of phosphoric ester groups is 1. The number of nitrogens with zero attached hydrogens (tertiary/aromatic N) is 1. The van der Waals surface area contributed by atoms with Crippen molar-refractivity contribution in [2.75, 3.05) is 47.5 Å². The first-order valence-electron chi connectivity index (χ1n) is 42.6. The van der Waals surface area contributed by atoms with Gasteiger partial charge in [0.05, 0.1) is 27.7 Å². The lowest BCUT2D eigenvalue weighted by Crippen LogP contribution is -2.37. The van der Waals surface area contributed by atoms with E-state index in [0.29, 0.717) is 23.9 Å². The molecule has 0 bridgehead atoms. The van der Waals surface area contributed by atoms with E-state index in [2.05, 4.69) is 123 Å². The molecular formula is C90H163NO8P+. The fraction of sp³-hybridized carbons (Fsp3) is 0.778. The van der Waals surface area contributed by atoms with E-state index in [1.165, 1.54) is 276 Å². The Morgan fingerprint density at radius 2 is 0.570 bits per heavy atom. The summed E-state index contributed by atoms with van der Waals surface area (Å²) in [7, 11) is 1.49. The van der Waals surface area contributed by atoms with E-state index >= 15 is 0 Å². The SMILES string of the molecule is CC/C=C\C/C=C\C/C=C\C/C=C\C/C=C\C/C=C\C/C=C\CCCCCCCCCCCCCCCCCC(=O)OC(COC(=O)CCCCCCCCCCCCCCCCCCCCCCCCCCCCC/C=C\C/C=C\CCCCCCC)COP(=O)(O)OCC[N+](C)(C)C. The molecule has 0 fully saturated rings. The molecule has 0 rings (SSSR count). The Balaban J connectivity index is 3.91. The van der Waals surface area contributed by atoms with Gasteiger partial charge in [0.1, 0.15) is 19.8 Å². The maximum absolute atomic E-state index is 12.9. The quantitative estimate of drug-likeness (QED) is 0.0211. The van der Waals surface area contributed by atoms with Crippen LogP contribution in [0.25, 0.3) is 0 Å². The van der Waals surface area contributed by atoms with Gasteiger partial charge in [-0.25, -0.2) is 4.57 Å². The minimum absolute atomic E-state index is 0.0307. The fourth-order valence-electron chi connectivity index (χ4n) is 12.3. The Hall–Kier alpha value is -3.33. The van der Waals surface area contributed by atoms with Crippen LogP contribution in [0.3, 0.4) is 0 Å². The zero-order chi connectivity index (χ0) is 72.5. The van der Waals surface area contributed by atoms with Crippen LogP contribution >= 0.6 is 7.82 Å². The lowest BCUT2D eigenvalue weighted by atomic mass is 10.0. The van der Waals surface area contributed by atoms with Crippen LogP contribution in [0.4, 0.5) is 0 Å². The molecule has 100 heavy (non-hydrogen) atoms. The molecule has 10 heteroatoms. The van der Waals surface area contributed by atoms with Gasteiger partial charge >= 0.3 is 19.8 Å². The molecule has 1 N–H and O–H groups in total. The number of rotatable bonds is 79. The summed E-state index contributed by atoms with van der Waals surface area (Å²) < 4.78 is 34.9. The normalized spacial score (nSPS) is 13.5. The molecule has 2 unspecified atom stereocenters. The van der Waals surface area contributed by atoms with Crippen molar-refractivity contribution in [3.05, 3.63) is 109 Å². The Labute approximate surface area is 620 Å². The number of hydrogen-bond acceptors (Lipinski definition) is 7. The standard InChI is InChI=1S/C90H162NO8P/c1-6-8-10-12-14-16-18-20-22-24-26-28-30-32-34-36-38-40-42-44-45-47-48-50-52-54-56-58-60-62-64-66-68-70-72-74-76-78-80-82-89(92)96-86-88(87-98-100(94,95)97-85-84-91(3,4)5)99-90(93)83-81-79-77-75-73-71-69-67-65-63-61-59-57-55-53-51-49-46-43-41-39-37-35-33-31-29-27-25-23-21-19-17-15-13-11-9-7-2/h9,11,15,17-18,20-21,23-24,26-27,29,33,35,39,41,46,49,88H,6-8,10,12-14,16,19,22,25,28,30-32,34,36-38,40,42-45,47-48,50-87H2,1-5H3/p+1/b11-9-,17-15-,20-18-,23-21-,26-24-,29-27-,35-33-,41-39-,49-46-. The molecular weight excluding hydrogens is 1250 g/mol. The minimum atomic E-state index is -4.40. The van der Waals surface area contributed by atoms with Crippen molar-refractivity contribution in [2.45, 2.75) is 405 Å². The highest BCUT2D eigenvalue weighted by atomic mass is 31.2. The van der Waals surface area contributed by atoms with Crippen molar-refractivity contribution in [2.24, 2.45) is 0 Å². The summed E-state index contributed by atoms with van der Waals surface area (Å²) >= 11 is 0. The summed E-state index contributed by atoms with van der Waals surface area (Å²) in [5.74, 6) is -0.782.